The highest BCUT2D eigenvalue weighted by atomic mass is 79.9. The highest BCUT2D eigenvalue weighted by molar-refractivity contribution is 9.10. The van der Waals surface area contributed by atoms with Gasteiger partial charge in [-0.25, -0.2) is 9.97 Å². The fourth-order valence-electron chi connectivity index (χ4n) is 2.39. The summed E-state index contributed by atoms with van der Waals surface area (Å²) in [5.41, 5.74) is 5.88. The monoisotopic (exact) mass is 311 g/mol. The van der Waals surface area contributed by atoms with Gasteiger partial charge in [0.25, 0.3) is 0 Å². The van der Waals surface area contributed by atoms with Crippen LogP contribution in [0.5, 0.6) is 0 Å². The molecule has 0 spiro atoms. The van der Waals surface area contributed by atoms with Gasteiger partial charge in [0.05, 0.1) is 11.0 Å². The lowest BCUT2D eigenvalue weighted by Gasteiger charge is -1.98. The summed E-state index contributed by atoms with van der Waals surface area (Å²) in [6.07, 6.45) is 0. The molecule has 0 aliphatic heterocycles. The zero-order chi connectivity index (χ0) is 13.0. The maximum atomic E-state index is 4.73. The minimum absolute atomic E-state index is 0.839. The van der Waals surface area contributed by atoms with Crippen LogP contribution in [0.4, 0.5) is 0 Å². The summed E-state index contributed by atoms with van der Waals surface area (Å²) in [7, 11) is 0. The largest absolute Gasteiger partial charge is 0.338 e. The van der Waals surface area contributed by atoms with E-state index in [-0.39, 0.29) is 0 Å². The maximum absolute atomic E-state index is 4.73. The number of aromatic nitrogens is 3. The Bertz CT molecular complexity index is 940. The van der Waals surface area contributed by atoms with Crippen LogP contribution < -0.4 is 0 Å². The molecule has 4 heteroatoms. The molecule has 0 radical (unpaired) electrons. The third-order valence-corrected chi connectivity index (χ3v) is 3.80. The van der Waals surface area contributed by atoms with E-state index in [1.165, 1.54) is 5.56 Å². The van der Waals surface area contributed by atoms with E-state index in [9.17, 15) is 0 Å². The van der Waals surface area contributed by atoms with Gasteiger partial charge in [-0.05, 0) is 42.8 Å². The highest BCUT2D eigenvalue weighted by Crippen LogP contribution is 2.27. The predicted octanol–water partition coefficient (Wildman–Crippen LogP) is 4.34. The number of hydrogen-bond donors (Lipinski definition) is 1. The Kier molecular flexibility index (Phi) is 2.17. The summed E-state index contributed by atoms with van der Waals surface area (Å²) in [6, 6.07) is 12.3. The molecule has 0 amide bonds. The van der Waals surface area contributed by atoms with Crippen LogP contribution in [-0.4, -0.2) is 15.0 Å². The normalized spacial score (nSPS) is 11.7. The first-order valence-corrected chi connectivity index (χ1v) is 6.85. The topological polar surface area (TPSA) is 41.6 Å². The van der Waals surface area contributed by atoms with Gasteiger partial charge in [-0.2, -0.15) is 0 Å². The molecule has 92 valence electrons. The summed E-state index contributed by atoms with van der Waals surface area (Å²) in [6.45, 7) is 2.06. The van der Waals surface area contributed by atoms with E-state index < -0.39 is 0 Å². The number of halogens is 1. The Morgan fingerprint density at radius 3 is 2.79 bits per heavy atom. The van der Waals surface area contributed by atoms with E-state index in [0.717, 1.165) is 37.6 Å². The van der Waals surface area contributed by atoms with Gasteiger partial charge in [0, 0.05) is 15.4 Å². The average Bonchev–Trinajstić information content (AvgIpc) is 2.73. The number of aryl methyl sites for hydroxylation is 1. The molecule has 2 heterocycles. The summed E-state index contributed by atoms with van der Waals surface area (Å²) in [5.74, 6) is 0. The van der Waals surface area contributed by atoms with Crippen LogP contribution >= 0.6 is 15.9 Å². The van der Waals surface area contributed by atoms with Gasteiger partial charge in [-0.3, -0.25) is 0 Å². The van der Waals surface area contributed by atoms with Crippen molar-refractivity contribution in [2.24, 2.45) is 0 Å². The first kappa shape index (κ1) is 10.9. The lowest BCUT2D eigenvalue weighted by atomic mass is 10.2. The number of hydrogen-bond acceptors (Lipinski definition) is 2. The van der Waals surface area contributed by atoms with Crippen molar-refractivity contribution < 1.29 is 0 Å². The molecular weight excluding hydrogens is 302 g/mol. The van der Waals surface area contributed by atoms with E-state index in [1.54, 1.807) is 0 Å². The van der Waals surface area contributed by atoms with Crippen molar-refractivity contribution in [3.63, 3.8) is 0 Å². The van der Waals surface area contributed by atoms with E-state index in [2.05, 4.69) is 51.0 Å². The highest BCUT2D eigenvalue weighted by Gasteiger charge is 2.09. The number of nitrogens with zero attached hydrogens (tertiary/aromatic N) is 2. The van der Waals surface area contributed by atoms with Gasteiger partial charge in [0.15, 0.2) is 5.65 Å². The van der Waals surface area contributed by atoms with Gasteiger partial charge < -0.3 is 4.98 Å². The molecule has 4 aromatic rings. The molecule has 0 bridgehead atoms. The molecule has 19 heavy (non-hydrogen) atoms. The van der Waals surface area contributed by atoms with Crippen LogP contribution in [0, 0.1) is 6.92 Å². The molecule has 2 aromatic carbocycles. The molecule has 0 saturated heterocycles. The molecule has 4 rings (SSSR count). The Balaban J connectivity index is 2.20. The number of aromatic amines is 1. The lowest BCUT2D eigenvalue weighted by molar-refractivity contribution is 1.34. The van der Waals surface area contributed by atoms with Crippen LogP contribution in [0.1, 0.15) is 5.56 Å². The smallest absolute Gasteiger partial charge is 0.157 e. The molecular formula is C15H10BrN3. The zero-order valence-corrected chi connectivity index (χ0v) is 11.8. The minimum atomic E-state index is 0.839. The molecule has 0 atom stereocenters. The van der Waals surface area contributed by atoms with Crippen LogP contribution in [0.25, 0.3) is 33.1 Å². The number of benzene rings is 2. The Morgan fingerprint density at radius 2 is 1.89 bits per heavy atom. The molecule has 0 saturated carbocycles. The molecule has 0 aliphatic carbocycles. The molecule has 1 N–H and O–H groups in total. The van der Waals surface area contributed by atoms with Gasteiger partial charge in [0.2, 0.25) is 0 Å². The summed E-state index contributed by atoms with van der Waals surface area (Å²) in [4.78, 5) is 12.7. The number of H-pyrrole nitrogens is 1. The second-order valence-electron chi connectivity index (χ2n) is 4.73. The number of rotatable bonds is 0. The summed E-state index contributed by atoms with van der Waals surface area (Å²) < 4.78 is 1.05. The number of nitrogens with one attached hydrogen (secondary N) is 1. The van der Waals surface area contributed by atoms with Gasteiger partial charge in [-0.15, -0.1) is 0 Å². The summed E-state index contributed by atoms with van der Waals surface area (Å²) >= 11 is 3.50. The molecule has 3 nitrogen and oxygen atoms in total. The Morgan fingerprint density at radius 1 is 1.00 bits per heavy atom. The van der Waals surface area contributed by atoms with Crippen molar-refractivity contribution in [2.45, 2.75) is 6.92 Å². The molecule has 0 fully saturated rings. The van der Waals surface area contributed by atoms with Crippen LogP contribution in [0.3, 0.4) is 0 Å². The molecule has 2 aromatic heterocycles. The van der Waals surface area contributed by atoms with Crippen molar-refractivity contribution >= 4 is 49.0 Å². The first-order valence-electron chi connectivity index (χ1n) is 6.06. The van der Waals surface area contributed by atoms with E-state index in [0.29, 0.717) is 0 Å². The third-order valence-electron chi connectivity index (χ3n) is 3.31. The minimum Gasteiger partial charge on any atom is -0.338 e. The van der Waals surface area contributed by atoms with Crippen molar-refractivity contribution in [3.8, 4) is 0 Å². The SMILES string of the molecule is Cc1ccc2nc3c(nc2c1)[nH]c1ccc(Br)cc13. The van der Waals surface area contributed by atoms with Crippen molar-refractivity contribution in [3.05, 3.63) is 46.4 Å². The standard InChI is InChI=1S/C15H10BrN3/c1-8-2-4-12-13(6-8)19-15-14(17-12)10-7-9(16)3-5-11(10)18-15/h2-7H,1H3,(H,18,19). The number of fused-ring (bicyclic) bond motifs is 4. The fourth-order valence-corrected chi connectivity index (χ4v) is 2.75. The second-order valence-corrected chi connectivity index (χ2v) is 5.64. The van der Waals surface area contributed by atoms with Crippen molar-refractivity contribution in [1.82, 2.24) is 15.0 Å². The van der Waals surface area contributed by atoms with Crippen molar-refractivity contribution in [2.75, 3.05) is 0 Å². The van der Waals surface area contributed by atoms with Gasteiger partial charge in [-0.1, -0.05) is 22.0 Å². The van der Waals surface area contributed by atoms with E-state index in [1.807, 2.05) is 18.2 Å². The maximum Gasteiger partial charge on any atom is 0.157 e. The second kappa shape index (κ2) is 3.78. The zero-order valence-electron chi connectivity index (χ0n) is 10.2. The Hall–Kier alpha value is -1.94. The van der Waals surface area contributed by atoms with Crippen LogP contribution in [-0.2, 0) is 0 Å². The average molecular weight is 312 g/mol. The van der Waals surface area contributed by atoms with E-state index >= 15 is 0 Å². The predicted molar refractivity (Wildman–Crippen MR) is 81.3 cm³/mol. The summed E-state index contributed by atoms with van der Waals surface area (Å²) in [5, 5.41) is 1.10. The van der Waals surface area contributed by atoms with Crippen LogP contribution in [0.15, 0.2) is 40.9 Å². The van der Waals surface area contributed by atoms with E-state index in [4.69, 9.17) is 4.98 Å². The van der Waals surface area contributed by atoms with Crippen LogP contribution in [0.2, 0.25) is 0 Å². The fraction of sp³-hybridized carbons (Fsp3) is 0.0667. The van der Waals surface area contributed by atoms with Gasteiger partial charge in [0.1, 0.15) is 5.52 Å². The Labute approximate surface area is 117 Å². The molecule has 0 aliphatic rings. The van der Waals surface area contributed by atoms with Gasteiger partial charge >= 0.3 is 0 Å². The lowest BCUT2D eigenvalue weighted by Crippen LogP contribution is -1.86. The first-order chi connectivity index (χ1) is 9.20. The third kappa shape index (κ3) is 1.64. The molecule has 0 unspecified atom stereocenters. The van der Waals surface area contributed by atoms with Crippen molar-refractivity contribution in [1.29, 1.82) is 0 Å². The quantitative estimate of drug-likeness (QED) is 0.525.